The maximum atomic E-state index is 13.1. The van der Waals surface area contributed by atoms with Crippen LogP contribution >= 0.6 is 23.4 Å². The zero-order chi connectivity index (χ0) is 22.1. The van der Waals surface area contributed by atoms with Crippen molar-refractivity contribution in [1.29, 1.82) is 0 Å². The van der Waals surface area contributed by atoms with Crippen molar-refractivity contribution in [2.75, 3.05) is 5.75 Å². The first kappa shape index (κ1) is 24.3. The average molecular weight is 447 g/mol. The van der Waals surface area contributed by atoms with Gasteiger partial charge < -0.3 is 10.2 Å². The Kier molecular flexibility index (Phi) is 9.73. The Morgan fingerprint density at radius 2 is 1.77 bits per heavy atom. The largest absolute Gasteiger partial charge is 0.352 e. The summed E-state index contributed by atoms with van der Waals surface area (Å²) in [5.41, 5.74) is 2.17. The molecule has 0 spiro atoms. The minimum Gasteiger partial charge on any atom is -0.352 e. The van der Waals surface area contributed by atoms with E-state index < -0.39 is 6.04 Å². The molecular formula is C24H31ClN2O2S. The summed E-state index contributed by atoms with van der Waals surface area (Å²) in [6, 6.07) is 15.1. The number of thioether (sulfide) groups is 1. The van der Waals surface area contributed by atoms with Gasteiger partial charge in [-0.2, -0.15) is 0 Å². The topological polar surface area (TPSA) is 49.4 Å². The molecule has 0 saturated heterocycles. The van der Waals surface area contributed by atoms with Crippen LogP contribution in [-0.4, -0.2) is 34.6 Å². The monoisotopic (exact) mass is 446 g/mol. The summed E-state index contributed by atoms with van der Waals surface area (Å²) in [4.78, 5) is 28.6. The van der Waals surface area contributed by atoms with Crippen LogP contribution in [-0.2, 0) is 16.1 Å². The highest BCUT2D eigenvalue weighted by Gasteiger charge is 2.26. The molecule has 0 saturated carbocycles. The van der Waals surface area contributed by atoms with Gasteiger partial charge in [0.15, 0.2) is 0 Å². The molecule has 162 valence electrons. The number of hydrogen-bond donors (Lipinski definition) is 1. The summed E-state index contributed by atoms with van der Waals surface area (Å²) >= 11 is 7.54. The van der Waals surface area contributed by atoms with Gasteiger partial charge in [-0.3, -0.25) is 9.59 Å². The van der Waals surface area contributed by atoms with E-state index in [2.05, 4.69) is 5.32 Å². The molecule has 2 aromatic rings. The fourth-order valence-corrected chi connectivity index (χ4v) is 3.92. The first-order chi connectivity index (χ1) is 14.3. The Bertz CT molecular complexity index is 841. The van der Waals surface area contributed by atoms with Gasteiger partial charge in [0, 0.05) is 34.7 Å². The zero-order valence-electron chi connectivity index (χ0n) is 18.2. The van der Waals surface area contributed by atoms with Gasteiger partial charge in [0.05, 0.1) is 0 Å². The summed E-state index contributed by atoms with van der Waals surface area (Å²) in [6.45, 7) is 8.26. The van der Waals surface area contributed by atoms with E-state index in [-0.39, 0.29) is 17.9 Å². The number of nitrogens with zero attached hydrogens (tertiary/aromatic N) is 1. The van der Waals surface area contributed by atoms with Crippen LogP contribution in [0.2, 0.25) is 5.02 Å². The third-order valence-electron chi connectivity index (χ3n) is 5.17. The molecule has 0 heterocycles. The number of hydrogen-bond acceptors (Lipinski definition) is 3. The molecule has 0 aliphatic carbocycles. The minimum atomic E-state index is -0.536. The van der Waals surface area contributed by atoms with E-state index in [9.17, 15) is 9.59 Å². The number of carbonyl (C=O) groups is 2. The van der Waals surface area contributed by atoms with Gasteiger partial charge in [-0.1, -0.05) is 42.8 Å². The predicted octanol–water partition coefficient (Wildman–Crippen LogP) is 5.46. The lowest BCUT2D eigenvalue weighted by molar-refractivity contribution is -0.140. The van der Waals surface area contributed by atoms with Crippen LogP contribution in [0.15, 0.2) is 53.4 Å². The number of halogens is 1. The van der Waals surface area contributed by atoms with Crippen LogP contribution in [0.5, 0.6) is 0 Å². The lowest BCUT2D eigenvalue weighted by Gasteiger charge is -2.30. The molecule has 0 radical (unpaired) electrons. The van der Waals surface area contributed by atoms with Crippen LogP contribution in [0, 0.1) is 6.92 Å². The number of aryl methyl sites for hydroxylation is 1. The number of amides is 2. The highest BCUT2D eigenvalue weighted by atomic mass is 35.5. The van der Waals surface area contributed by atoms with E-state index in [1.165, 1.54) is 0 Å². The summed E-state index contributed by atoms with van der Waals surface area (Å²) in [7, 11) is 0. The van der Waals surface area contributed by atoms with Crippen molar-refractivity contribution < 1.29 is 9.59 Å². The molecule has 4 nitrogen and oxygen atoms in total. The van der Waals surface area contributed by atoms with Crippen molar-refractivity contribution in [2.24, 2.45) is 0 Å². The van der Waals surface area contributed by atoms with Gasteiger partial charge in [0.25, 0.3) is 0 Å². The number of benzene rings is 2. The number of nitrogens with one attached hydrogen (secondary N) is 1. The lowest BCUT2D eigenvalue weighted by Crippen LogP contribution is -2.49. The van der Waals surface area contributed by atoms with Crippen LogP contribution in [0.1, 0.15) is 44.7 Å². The first-order valence-corrected chi connectivity index (χ1v) is 11.7. The van der Waals surface area contributed by atoms with Crippen molar-refractivity contribution in [3.05, 3.63) is 64.7 Å². The molecule has 0 unspecified atom stereocenters. The van der Waals surface area contributed by atoms with E-state index in [1.807, 2.05) is 69.3 Å². The van der Waals surface area contributed by atoms with Crippen molar-refractivity contribution in [2.45, 2.75) is 64.1 Å². The van der Waals surface area contributed by atoms with E-state index in [1.54, 1.807) is 23.6 Å². The number of rotatable bonds is 10. The maximum absolute atomic E-state index is 13.1. The van der Waals surface area contributed by atoms with Gasteiger partial charge in [-0.25, -0.2) is 0 Å². The van der Waals surface area contributed by atoms with Crippen LogP contribution in [0.4, 0.5) is 0 Å². The van der Waals surface area contributed by atoms with Gasteiger partial charge in [-0.05, 0) is 62.6 Å². The van der Waals surface area contributed by atoms with Crippen LogP contribution < -0.4 is 5.32 Å². The van der Waals surface area contributed by atoms with Crippen molar-refractivity contribution in [3.63, 3.8) is 0 Å². The summed E-state index contributed by atoms with van der Waals surface area (Å²) < 4.78 is 0. The second-order valence-electron chi connectivity index (χ2n) is 7.49. The Morgan fingerprint density at radius 3 is 2.40 bits per heavy atom. The fraction of sp³-hybridized carbons (Fsp3) is 0.417. The Balaban J connectivity index is 2.08. The Labute approximate surface area is 189 Å². The van der Waals surface area contributed by atoms with Crippen molar-refractivity contribution in [3.8, 4) is 0 Å². The summed E-state index contributed by atoms with van der Waals surface area (Å²) in [5, 5.41) is 3.70. The molecule has 0 aliphatic heterocycles. The fourth-order valence-electron chi connectivity index (χ4n) is 2.95. The van der Waals surface area contributed by atoms with Gasteiger partial charge in [0.1, 0.15) is 6.04 Å². The molecule has 0 aromatic heterocycles. The normalized spacial score (nSPS) is 12.8. The summed E-state index contributed by atoms with van der Waals surface area (Å²) in [6.07, 6.45) is 1.21. The molecule has 1 N–H and O–H groups in total. The molecule has 6 heteroatoms. The van der Waals surface area contributed by atoms with Crippen LogP contribution in [0.25, 0.3) is 0 Å². The molecule has 2 rings (SSSR count). The van der Waals surface area contributed by atoms with Crippen LogP contribution in [0.3, 0.4) is 0 Å². The predicted molar refractivity (Wildman–Crippen MR) is 126 cm³/mol. The third kappa shape index (κ3) is 7.37. The second-order valence-corrected chi connectivity index (χ2v) is 9.10. The minimum absolute atomic E-state index is 0.0217. The SMILES string of the molecule is CC[C@@H](C)NC(=O)[C@H](C)N(Cc1ccccc1C)C(=O)CCSc1ccc(Cl)cc1. The van der Waals surface area contributed by atoms with E-state index >= 15 is 0 Å². The quantitative estimate of drug-likeness (QED) is 0.493. The highest BCUT2D eigenvalue weighted by Crippen LogP contribution is 2.22. The maximum Gasteiger partial charge on any atom is 0.242 e. The van der Waals surface area contributed by atoms with Gasteiger partial charge in [0.2, 0.25) is 11.8 Å². The average Bonchev–Trinajstić information content (AvgIpc) is 2.73. The zero-order valence-corrected chi connectivity index (χ0v) is 19.7. The summed E-state index contributed by atoms with van der Waals surface area (Å²) in [5.74, 6) is 0.507. The molecule has 2 amide bonds. The molecule has 30 heavy (non-hydrogen) atoms. The molecule has 0 fully saturated rings. The highest BCUT2D eigenvalue weighted by molar-refractivity contribution is 7.99. The Hall–Kier alpha value is -1.98. The number of carbonyl (C=O) groups excluding carboxylic acids is 2. The molecule has 0 bridgehead atoms. The van der Waals surface area contributed by atoms with Gasteiger partial charge in [-0.15, -0.1) is 11.8 Å². The lowest BCUT2D eigenvalue weighted by atomic mass is 10.1. The molecular weight excluding hydrogens is 416 g/mol. The van der Waals surface area contributed by atoms with Gasteiger partial charge >= 0.3 is 0 Å². The molecule has 2 atom stereocenters. The van der Waals surface area contributed by atoms with Crippen molar-refractivity contribution in [1.82, 2.24) is 10.2 Å². The second kappa shape index (κ2) is 12.0. The first-order valence-electron chi connectivity index (χ1n) is 10.3. The third-order valence-corrected chi connectivity index (χ3v) is 6.43. The van der Waals surface area contributed by atoms with Crippen molar-refractivity contribution >= 4 is 35.2 Å². The van der Waals surface area contributed by atoms with E-state index in [0.29, 0.717) is 23.7 Å². The molecule has 2 aromatic carbocycles. The van der Waals surface area contributed by atoms with E-state index in [0.717, 1.165) is 22.4 Å². The van der Waals surface area contributed by atoms with E-state index in [4.69, 9.17) is 11.6 Å². The Morgan fingerprint density at radius 1 is 1.10 bits per heavy atom. The molecule has 0 aliphatic rings. The smallest absolute Gasteiger partial charge is 0.242 e. The standard InChI is InChI=1S/C24H31ClN2O2S/c1-5-18(3)26-24(29)19(4)27(16-20-9-7-6-8-17(20)2)23(28)14-15-30-22-12-10-21(25)11-13-22/h6-13,18-19H,5,14-16H2,1-4H3,(H,26,29)/t18-,19+/m1/s1.